The van der Waals surface area contributed by atoms with Crippen molar-refractivity contribution >= 4 is 33.3 Å². The van der Waals surface area contributed by atoms with E-state index < -0.39 is 5.97 Å². The van der Waals surface area contributed by atoms with Crippen LogP contribution in [0.2, 0.25) is 0 Å². The van der Waals surface area contributed by atoms with E-state index >= 15 is 0 Å². The summed E-state index contributed by atoms with van der Waals surface area (Å²) in [5, 5.41) is 12.4. The summed E-state index contributed by atoms with van der Waals surface area (Å²) in [5.74, 6) is 0.471. The SMILES string of the molecule is CCNc1nc([AsH2])cc(CCCCCCC(CC(=O)O)c2ccc(OC)nc2)n1. The van der Waals surface area contributed by atoms with Gasteiger partial charge in [-0.3, -0.25) is 4.79 Å². The van der Waals surface area contributed by atoms with Gasteiger partial charge in [-0.15, -0.1) is 0 Å². The van der Waals surface area contributed by atoms with Crippen molar-refractivity contribution in [3.05, 3.63) is 35.7 Å². The minimum atomic E-state index is -0.775. The molecule has 0 fully saturated rings. The Labute approximate surface area is 181 Å². The number of aryl methyl sites for hydroxylation is 1. The van der Waals surface area contributed by atoms with E-state index in [0.29, 0.717) is 11.8 Å². The molecule has 0 saturated carbocycles. The van der Waals surface area contributed by atoms with E-state index in [9.17, 15) is 9.90 Å². The molecule has 2 aromatic rings. The number of nitrogens with one attached hydrogen (secondary N) is 1. The van der Waals surface area contributed by atoms with Gasteiger partial charge >= 0.3 is 142 Å². The van der Waals surface area contributed by atoms with E-state index in [2.05, 4.69) is 26.3 Å². The summed E-state index contributed by atoms with van der Waals surface area (Å²) in [4.78, 5) is 24.4. The quantitative estimate of drug-likeness (QED) is 0.348. The maximum absolute atomic E-state index is 11.2. The summed E-state index contributed by atoms with van der Waals surface area (Å²) in [6.45, 7) is 2.85. The van der Waals surface area contributed by atoms with Gasteiger partial charge in [0.15, 0.2) is 0 Å². The van der Waals surface area contributed by atoms with Crippen LogP contribution < -0.4 is 14.5 Å². The van der Waals surface area contributed by atoms with Crippen LogP contribution in [0.3, 0.4) is 0 Å². The van der Waals surface area contributed by atoms with Gasteiger partial charge in [0.1, 0.15) is 0 Å². The molecular formula is C21H31AsN4O3. The van der Waals surface area contributed by atoms with Gasteiger partial charge < -0.3 is 9.84 Å². The molecule has 7 nitrogen and oxygen atoms in total. The van der Waals surface area contributed by atoms with Crippen molar-refractivity contribution in [1.82, 2.24) is 15.0 Å². The molecule has 0 aromatic carbocycles. The zero-order chi connectivity index (χ0) is 21.1. The van der Waals surface area contributed by atoms with Crippen LogP contribution in [0.25, 0.3) is 0 Å². The second kappa shape index (κ2) is 12.4. The fourth-order valence-corrected chi connectivity index (χ4v) is 3.95. The molecular weight excluding hydrogens is 431 g/mol. The van der Waals surface area contributed by atoms with E-state index in [1.165, 1.54) is 16.9 Å². The predicted octanol–water partition coefficient (Wildman–Crippen LogP) is 2.32. The van der Waals surface area contributed by atoms with Crippen molar-refractivity contribution in [2.24, 2.45) is 0 Å². The number of carboxylic acids is 1. The molecule has 2 atom stereocenters. The Morgan fingerprint density at radius 1 is 1.24 bits per heavy atom. The summed E-state index contributed by atoms with van der Waals surface area (Å²) in [5.41, 5.74) is 2.05. The van der Waals surface area contributed by atoms with Gasteiger partial charge in [-0.25, -0.2) is 4.98 Å². The first-order valence-corrected chi connectivity index (χ1v) is 11.3. The molecule has 0 radical (unpaired) electrons. The molecule has 158 valence electrons. The summed E-state index contributed by atoms with van der Waals surface area (Å²) >= 11 is 1.51. The number of hydrogen-bond donors (Lipinski definition) is 2. The molecule has 29 heavy (non-hydrogen) atoms. The second-order valence-electron chi connectivity index (χ2n) is 7.02. The standard InChI is InChI=1S/C21H31AsN4O3/c1-3-23-21-25-17(13-18(22)26-21)9-7-5-4-6-8-15(12-20(27)28)16-10-11-19(29-2)24-14-16/h10-11,13-15H,3-9,12,22H2,1-2H3,(H,27,28)(H,23,25,26). The van der Waals surface area contributed by atoms with Gasteiger partial charge in [-0.1, -0.05) is 0 Å². The molecule has 0 aliphatic carbocycles. The third-order valence-corrected chi connectivity index (χ3v) is 5.35. The van der Waals surface area contributed by atoms with Crippen LogP contribution in [0.5, 0.6) is 5.88 Å². The number of pyridine rings is 1. The molecule has 0 saturated heterocycles. The number of methoxy groups -OCH3 is 1. The number of aromatic nitrogens is 3. The topological polar surface area (TPSA) is 97.2 Å². The Morgan fingerprint density at radius 2 is 2.03 bits per heavy atom. The zero-order valence-electron chi connectivity index (χ0n) is 17.2. The van der Waals surface area contributed by atoms with Crippen molar-refractivity contribution in [2.75, 3.05) is 19.0 Å². The van der Waals surface area contributed by atoms with Crippen LogP contribution in [0.4, 0.5) is 5.95 Å². The van der Waals surface area contributed by atoms with Crippen molar-refractivity contribution in [3.8, 4) is 5.88 Å². The Morgan fingerprint density at radius 3 is 2.69 bits per heavy atom. The number of nitrogens with zero attached hydrogens (tertiary/aromatic N) is 3. The summed E-state index contributed by atoms with van der Waals surface area (Å²) in [7, 11) is 1.57. The number of ether oxygens (including phenoxy) is 1. The Kier molecular flexibility index (Phi) is 9.92. The van der Waals surface area contributed by atoms with Gasteiger partial charge in [0.2, 0.25) is 5.88 Å². The van der Waals surface area contributed by atoms with Crippen LogP contribution in [-0.2, 0) is 11.2 Å². The number of carboxylic acid groups (broad SMARTS) is 1. The number of hydrogen-bond acceptors (Lipinski definition) is 6. The normalized spacial score (nSPS) is 11.8. The van der Waals surface area contributed by atoms with E-state index in [1.54, 1.807) is 19.4 Å². The first-order valence-electron chi connectivity index (χ1n) is 10.1. The second-order valence-corrected chi connectivity index (χ2v) is 8.26. The molecule has 0 spiro atoms. The molecule has 8 heteroatoms. The monoisotopic (exact) mass is 462 g/mol. The van der Waals surface area contributed by atoms with E-state index in [1.807, 2.05) is 13.0 Å². The minimum absolute atomic E-state index is 0.0136. The van der Waals surface area contributed by atoms with Crippen LogP contribution in [0.1, 0.15) is 62.6 Å². The van der Waals surface area contributed by atoms with Gasteiger partial charge in [-0.05, 0) is 0 Å². The van der Waals surface area contributed by atoms with Crippen LogP contribution >= 0.6 is 0 Å². The van der Waals surface area contributed by atoms with E-state index in [4.69, 9.17) is 4.74 Å². The maximum atomic E-state index is 11.2. The predicted molar refractivity (Wildman–Crippen MR) is 117 cm³/mol. The Balaban J connectivity index is 1.77. The molecule has 2 unspecified atom stereocenters. The summed E-state index contributed by atoms with van der Waals surface area (Å²) < 4.78 is 6.13. The molecule has 2 rings (SSSR count). The molecule has 2 aromatic heterocycles. The average molecular weight is 462 g/mol. The van der Waals surface area contributed by atoms with Crippen LogP contribution in [0.15, 0.2) is 24.4 Å². The van der Waals surface area contributed by atoms with Gasteiger partial charge in [-0.2, -0.15) is 0 Å². The van der Waals surface area contributed by atoms with Gasteiger partial charge in [0.25, 0.3) is 0 Å². The van der Waals surface area contributed by atoms with Crippen molar-refractivity contribution in [1.29, 1.82) is 0 Å². The zero-order valence-corrected chi connectivity index (χ0v) is 19.6. The third kappa shape index (κ3) is 8.40. The van der Waals surface area contributed by atoms with E-state index in [-0.39, 0.29) is 12.3 Å². The fourth-order valence-electron chi connectivity index (χ4n) is 3.29. The molecule has 0 aliphatic heterocycles. The summed E-state index contributed by atoms with van der Waals surface area (Å²) in [6, 6.07) is 5.78. The number of aliphatic carboxylic acids is 1. The van der Waals surface area contributed by atoms with Crippen LogP contribution in [-0.4, -0.2) is 56.5 Å². The molecule has 2 N–H and O–H groups in total. The van der Waals surface area contributed by atoms with Crippen LogP contribution in [0, 0.1) is 0 Å². The Hall–Kier alpha value is -2.14. The van der Waals surface area contributed by atoms with E-state index in [0.717, 1.165) is 60.8 Å². The van der Waals surface area contributed by atoms with Gasteiger partial charge in [0, 0.05) is 6.07 Å². The first-order chi connectivity index (χ1) is 14.0. The summed E-state index contributed by atoms with van der Waals surface area (Å²) in [6.07, 6.45) is 7.90. The number of rotatable bonds is 13. The van der Waals surface area contributed by atoms with Crippen molar-refractivity contribution in [3.63, 3.8) is 0 Å². The molecule has 0 bridgehead atoms. The third-order valence-electron chi connectivity index (χ3n) is 4.73. The number of anilines is 1. The molecule has 0 aliphatic rings. The number of carbonyl (C=O) groups is 1. The fraction of sp³-hybridized carbons (Fsp3) is 0.524. The average Bonchev–Trinajstić information content (AvgIpc) is 2.69. The van der Waals surface area contributed by atoms with Gasteiger partial charge in [0.05, 0.1) is 7.11 Å². The van der Waals surface area contributed by atoms with Crippen molar-refractivity contribution < 1.29 is 14.6 Å². The molecule has 2 heterocycles. The van der Waals surface area contributed by atoms with Crippen molar-refractivity contribution in [2.45, 2.75) is 57.8 Å². The molecule has 0 amide bonds. The first kappa shape index (κ1) is 23.1. The number of unbranched alkanes of at least 4 members (excludes halogenated alkanes) is 3. The Bertz CT molecular complexity index is 771.